The van der Waals surface area contributed by atoms with Gasteiger partial charge in [0.15, 0.2) is 0 Å². The fraction of sp³-hybridized carbons (Fsp3) is 0.238. The Balaban J connectivity index is 1.31. The standard InChI is InChI=1S/C42H44N6O8P2S2/c1-33-14-18-40(19-15-33)59(49,50)47(57(53-36-10-5-23-43-28-36)54-37-11-6-24-44-29-37)32-42(3)22-4-9-35(27-42)48(60(51,52)41-20-16-34(2)17-21-41)58(55-38-12-7-25-45-30-38)56-39-13-8-26-46-31-39/h5-8,10-21,23-26,28-31,35H,4,9,22,27,32H2,1-3H3. The Hall–Kier alpha value is -5.08. The Kier molecular flexibility index (Phi) is 13.7. The summed E-state index contributed by atoms with van der Waals surface area (Å²) in [7, 11) is -13.6. The molecule has 18 heteroatoms. The molecule has 1 aliphatic carbocycles. The van der Waals surface area contributed by atoms with Gasteiger partial charge in [-0.3, -0.25) is 19.9 Å². The van der Waals surface area contributed by atoms with Crippen LogP contribution in [0.15, 0.2) is 156 Å². The first-order valence-corrected chi connectivity index (χ1v) is 24.2. The van der Waals surface area contributed by atoms with Gasteiger partial charge in [-0.25, -0.2) is 16.8 Å². The van der Waals surface area contributed by atoms with Crippen molar-refractivity contribution in [2.75, 3.05) is 6.54 Å². The molecule has 312 valence electrons. The van der Waals surface area contributed by atoms with Crippen molar-refractivity contribution in [1.82, 2.24) is 28.1 Å². The minimum atomic E-state index is -4.33. The maximum atomic E-state index is 15.1. The molecule has 2 atom stereocenters. The normalized spacial score (nSPS) is 17.1. The molecule has 4 aromatic heterocycles. The van der Waals surface area contributed by atoms with E-state index in [1.807, 2.05) is 20.8 Å². The Morgan fingerprint density at radius 1 is 0.600 bits per heavy atom. The first-order valence-electron chi connectivity index (χ1n) is 19.0. The van der Waals surface area contributed by atoms with Crippen LogP contribution in [0.4, 0.5) is 0 Å². The molecule has 1 saturated carbocycles. The van der Waals surface area contributed by atoms with Crippen LogP contribution in [0.1, 0.15) is 43.7 Å². The molecule has 2 aromatic carbocycles. The summed E-state index contributed by atoms with van der Waals surface area (Å²) in [6.07, 6.45) is 14.0. The first-order chi connectivity index (χ1) is 28.9. The second-order valence-corrected chi connectivity index (χ2v) is 21.4. The van der Waals surface area contributed by atoms with E-state index in [0.717, 1.165) is 11.1 Å². The van der Waals surface area contributed by atoms with E-state index in [2.05, 4.69) is 19.9 Å². The van der Waals surface area contributed by atoms with Crippen molar-refractivity contribution in [1.29, 1.82) is 0 Å². The summed E-state index contributed by atoms with van der Waals surface area (Å²) in [5.74, 6) is 1.20. The van der Waals surface area contributed by atoms with Crippen molar-refractivity contribution in [2.45, 2.75) is 62.3 Å². The monoisotopic (exact) mass is 886 g/mol. The zero-order valence-corrected chi connectivity index (χ0v) is 36.6. The summed E-state index contributed by atoms with van der Waals surface area (Å²) in [4.78, 5) is 16.8. The zero-order chi connectivity index (χ0) is 42.2. The van der Waals surface area contributed by atoms with Crippen LogP contribution in [0.2, 0.25) is 0 Å². The van der Waals surface area contributed by atoms with Crippen molar-refractivity contribution in [3.05, 3.63) is 158 Å². The predicted molar refractivity (Wildman–Crippen MR) is 229 cm³/mol. The highest BCUT2D eigenvalue weighted by molar-refractivity contribution is 7.94. The molecule has 1 aliphatic rings. The minimum absolute atomic E-state index is 0.0444. The Morgan fingerprint density at radius 3 is 1.40 bits per heavy atom. The number of rotatable bonds is 17. The molecule has 0 amide bonds. The molecular formula is C42H44N6O8P2S2. The lowest BCUT2D eigenvalue weighted by Gasteiger charge is -2.44. The summed E-state index contributed by atoms with van der Waals surface area (Å²) in [5, 5.41) is 0. The molecular weight excluding hydrogens is 843 g/mol. The number of pyridine rings is 4. The number of aryl methyl sites for hydroxylation is 2. The van der Waals surface area contributed by atoms with Crippen molar-refractivity contribution in [3.8, 4) is 23.0 Å². The number of nitrogens with zero attached hydrogens (tertiary/aromatic N) is 6. The van der Waals surface area contributed by atoms with Crippen LogP contribution in [0, 0.1) is 19.3 Å². The van der Waals surface area contributed by atoms with Gasteiger partial charge >= 0.3 is 17.1 Å². The highest BCUT2D eigenvalue weighted by Crippen LogP contribution is 2.55. The van der Waals surface area contributed by atoms with Gasteiger partial charge in [0.1, 0.15) is 23.0 Å². The Morgan fingerprint density at radius 2 is 1.00 bits per heavy atom. The zero-order valence-electron chi connectivity index (χ0n) is 33.1. The van der Waals surface area contributed by atoms with Gasteiger partial charge in [0.25, 0.3) is 20.0 Å². The fourth-order valence-corrected chi connectivity index (χ4v) is 14.0. The molecule has 0 N–H and O–H groups in total. The highest BCUT2D eigenvalue weighted by atomic mass is 32.2. The number of aromatic nitrogens is 4. The molecule has 0 bridgehead atoms. The molecule has 60 heavy (non-hydrogen) atoms. The smallest absolute Gasteiger partial charge is 0.399 e. The minimum Gasteiger partial charge on any atom is -0.425 e. The first kappa shape index (κ1) is 43.0. The van der Waals surface area contributed by atoms with E-state index >= 15 is 8.42 Å². The molecule has 0 saturated heterocycles. The van der Waals surface area contributed by atoms with Crippen molar-refractivity contribution in [3.63, 3.8) is 0 Å². The summed E-state index contributed by atoms with van der Waals surface area (Å²) in [6, 6.07) is 25.9. The average molecular weight is 887 g/mol. The van der Waals surface area contributed by atoms with Crippen LogP contribution in [-0.4, -0.2) is 57.5 Å². The van der Waals surface area contributed by atoms with Crippen LogP contribution in [0.3, 0.4) is 0 Å². The average Bonchev–Trinajstić information content (AvgIpc) is 3.24. The molecule has 1 fully saturated rings. The molecule has 4 heterocycles. The molecule has 0 aliphatic heterocycles. The molecule has 0 spiro atoms. The van der Waals surface area contributed by atoms with Gasteiger partial charge in [-0.15, -0.1) is 8.15 Å². The second-order valence-electron chi connectivity index (χ2n) is 14.5. The third kappa shape index (κ3) is 10.6. The van der Waals surface area contributed by atoms with Crippen molar-refractivity contribution in [2.24, 2.45) is 5.41 Å². The maximum absolute atomic E-state index is 15.1. The van der Waals surface area contributed by atoms with Crippen molar-refractivity contribution >= 4 is 37.1 Å². The van der Waals surface area contributed by atoms with E-state index in [0.29, 0.717) is 42.3 Å². The van der Waals surface area contributed by atoms with Gasteiger partial charge in [-0.05, 0) is 111 Å². The van der Waals surface area contributed by atoms with Gasteiger partial charge in [-0.2, -0.15) is 0 Å². The molecule has 14 nitrogen and oxygen atoms in total. The van der Waals surface area contributed by atoms with Crippen LogP contribution in [0.5, 0.6) is 23.0 Å². The van der Waals surface area contributed by atoms with E-state index in [1.54, 1.807) is 122 Å². The third-order valence-electron chi connectivity index (χ3n) is 9.65. The fourth-order valence-electron chi connectivity index (χ4n) is 6.67. The lowest BCUT2D eigenvalue weighted by molar-refractivity contribution is 0.142. The lowest BCUT2D eigenvalue weighted by Crippen LogP contribution is -2.47. The number of hydrogen-bond acceptors (Lipinski definition) is 12. The van der Waals surface area contributed by atoms with Crippen LogP contribution < -0.4 is 18.1 Å². The predicted octanol–water partition coefficient (Wildman–Crippen LogP) is 9.28. The quantitative estimate of drug-likeness (QED) is 0.0799. The van der Waals surface area contributed by atoms with Crippen LogP contribution >= 0.6 is 17.1 Å². The molecule has 6 aromatic rings. The number of sulfonamides is 2. The van der Waals surface area contributed by atoms with Gasteiger partial charge in [0.05, 0.1) is 34.6 Å². The van der Waals surface area contributed by atoms with E-state index in [1.165, 1.54) is 32.9 Å². The van der Waals surface area contributed by atoms with E-state index in [9.17, 15) is 8.42 Å². The Bertz CT molecular complexity index is 2440. The number of hydrogen-bond donors (Lipinski definition) is 0. The van der Waals surface area contributed by atoms with Crippen LogP contribution in [-0.2, 0) is 20.0 Å². The van der Waals surface area contributed by atoms with Gasteiger partial charge in [0, 0.05) is 37.4 Å². The summed E-state index contributed by atoms with van der Waals surface area (Å²) < 4.78 is 88.4. The summed E-state index contributed by atoms with van der Waals surface area (Å²) >= 11 is 0. The Labute approximate surface area is 353 Å². The SMILES string of the molecule is Cc1ccc(S(=O)(=O)N(CC2(C)CCCC(N(P(Oc3cccnc3)Oc3cccnc3)S(=O)(=O)c3ccc(C)cc3)C2)P(Oc2cccnc2)Oc2cccnc2)cc1. The van der Waals surface area contributed by atoms with Gasteiger partial charge in [-0.1, -0.05) is 48.7 Å². The van der Waals surface area contributed by atoms with E-state index in [-0.39, 0.29) is 22.8 Å². The van der Waals surface area contributed by atoms with Gasteiger partial charge < -0.3 is 18.1 Å². The summed E-state index contributed by atoms with van der Waals surface area (Å²) in [5.41, 5.74) is 0.929. The van der Waals surface area contributed by atoms with Gasteiger partial charge in [0.2, 0.25) is 0 Å². The largest absolute Gasteiger partial charge is 0.425 e. The molecule has 7 rings (SSSR count). The van der Waals surface area contributed by atoms with E-state index < -0.39 is 48.6 Å². The lowest BCUT2D eigenvalue weighted by atomic mass is 9.74. The van der Waals surface area contributed by atoms with E-state index in [4.69, 9.17) is 18.1 Å². The molecule has 0 radical (unpaired) electrons. The van der Waals surface area contributed by atoms with Crippen molar-refractivity contribution < 1.29 is 34.9 Å². The highest BCUT2D eigenvalue weighted by Gasteiger charge is 2.49. The maximum Gasteiger partial charge on any atom is 0.399 e. The second kappa shape index (κ2) is 19.1. The summed E-state index contributed by atoms with van der Waals surface area (Å²) in [6.45, 7) is 5.62. The van der Waals surface area contributed by atoms with Crippen LogP contribution in [0.25, 0.3) is 0 Å². The topological polar surface area (TPSA) is 163 Å². The number of benzene rings is 2. The third-order valence-corrected chi connectivity index (χ3v) is 17.6. The molecule has 2 unspecified atom stereocenters.